The minimum atomic E-state index is -0.290. The zero-order valence-corrected chi connectivity index (χ0v) is 14.5. The van der Waals surface area contributed by atoms with Gasteiger partial charge in [0, 0.05) is 6.07 Å². The van der Waals surface area contributed by atoms with Crippen LogP contribution in [0, 0.1) is 12.7 Å². The van der Waals surface area contributed by atoms with Gasteiger partial charge in [-0.05, 0) is 36.2 Å². The van der Waals surface area contributed by atoms with Crippen LogP contribution in [0.25, 0.3) is 0 Å². The number of benzene rings is 2. The fourth-order valence-electron chi connectivity index (χ4n) is 2.79. The fourth-order valence-corrected chi connectivity index (χ4v) is 3.96. The second-order valence-electron chi connectivity index (χ2n) is 5.47. The van der Waals surface area contributed by atoms with Crippen molar-refractivity contribution in [2.75, 3.05) is 24.9 Å². The van der Waals surface area contributed by atoms with E-state index in [4.69, 9.17) is 9.47 Å². The molecule has 1 saturated heterocycles. The number of aryl methyl sites for hydroxylation is 1. The third-order valence-corrected chi connectivity index (χ3v) is 5.20. The maximum Gasteiger partial charge on any atom is 0.238 e. The normalized spacial score (nSPS) is 17.2. The fraction of sp³-hybridized carbons (Fsp3) is 0.278. The van der Waals surface area contributed by atoms with Crippen molar-refractivity contribution in [3.05, 3.63) is 53.3 Å². The van der Waals surface area contributed by atoms with E-state index in [0.29, 0.717) is 17.3 Å². The summed E-state index contributed by atoms with van der Waals surface area (Å²) >= 11 is 1.53. The number of carbonyl (C=O) groups is 1. The molecule has 1 aliphatic heterocycles. The van der Waals surface area contributed by atoms with Crippen molar-refractivity contribution in [1.29, 1.82) is 0 Å². The van der Waals surface area contributed by atoms with E-state index in [0.717, 1.165) is 16.8 Å². The molecule has 6 heteroatoms. The van der Waals surface area contributed by atoms with E-state index < -0.39 is 0 Å². The van der Waals surface area contributed by atoms with E-state index in [1.54, 1.807) is 31.3 Å². The van der Waals surface area contributed by atoms with Gasteiger partial charge in [0.25, 0.3) is 0 Å². The van der Waals surface area contributed by atoms with Crippen LogP contribution in [0.1, 0.15) is 16.5 Å². The summed E-state index contributed by atoms with van der Waals surface area (Å²) in [6.07, 6.45) is 0. The van der Waals surface area contributed by atoms with Gasteiger partial charge >= 0.3 is 0 Å². The molecule has 2 aromatic carbocycles. The van der Waals surface area contributed by atoms with Gasteiger partial charge in [0.15, 0.2) is 11.5 Å². The van der Waals surface area contributed by atoms with Crippen LogP contribution >= 0.6 is 11.8 Å². The van der Waals surface area contributed by atoms with E-state index in [2.05, 4.69) is 0 Å². The van der Waals surface area contributed by atoms with Crippen molar-refractivity contribution in [3.63, 3.8) is 0 Å². The van der Waals surface area contributed by atoms with Crippen LogP contribution in [0.5, 0.6) is 11.5 Å². The summed E-state index contributed by atoms with van der Waals surface area (Å²) in [7, 11) is 3.14. The van der Waals surface area contributed by atoms with Crippen molar-refractivity contribution in [2.24, 2.45) is 0 Å². The third-order valence-electron chi connectivity index (χ3n) is 3.98. The zero-order chi connectivity index (χ0) is 17.3. The first-order chi connectivity index (χ1) is 11.5. The highest BCUT2D eigenvalue weighted by molar-refractivity contribution is 8.00. The average molecular weight is 347 g/mol. The number of rotatable bonds is 4. The minimum Gasteiger partial charge on any atom is -0.493 e. The van der Waals surface area contributed by atoms with Gasteiger partial charge in [0.1, 0.15) is 11.2 Å². The Bertz CT molecular complexity index is 764. The lowest BCUT2D eigenvalue weighted by atomic mass is 10.1. The molecule has 126 valence electrons. The van der Waals surface area contributed by atoms with Crippen LogP contribution < -0.4 is 14.4 Å². The van der Waals surface area contributed by atoms with Crippen molar-refractivity contribution in [1.82, 2.24) is 0 Å². The van der Waals surface area contributed by atoms with E-state index >= 15 is 0 Å². The highest BCUT2D eigenvalue weighted by Gasteiger charge is 2.35. The number of ether oxygens (including phenoxy) is 2. The molecule has 1 amide bonds. The molecule has 2 aromatic rings. The molecule has 24 heavy (non-hydrogen) atoms. The number of carbonyl (C=O) groups excluding carboxylic acids is 1. The van der Waals surface area contributed by atoms with E-state index in [-0.39, 0.29) is 17.1 Å². The second-order valence-corrected chi connectivity index (χ2v) is 6.54. The summed E-state index contributed by atoms with van der Waals surface area (Å²) in [6.45, 7) is 1.93. The maximum absolute atomic E-state index is 13.2. The Morgan fingerprint density at radius 3 is 2.38 bits per heavy atom. The molecule has 1 heterocycles. The molecule has 0 saturated carbocycles. The van der Waals surface area contributed by atoms with Crippen molar-refractivity contribution >= 4 is 23.4 Å². The number of hydrogen-bond donors (Lipinski definition) is 0. The van der Waals surface area contributed by atoms with E-state index in [1.165, 1.54) is 23.9 Å². The monoisotopic (exact) mass is 347 g/mol. The van der Waals surface area contributed by atoms with Gasteiger partial charge < -0.3 is 9.47 Å². The molecule has 1 fully saturated rings. The van der Waals surface area contributed by atoms with Gasteiger partial charge in [-0.3, -0.25) is 9.69 Å². The Balaban J connectivity index is 2.05. The Morgan fingerprint density at radius 2 is 1.75 bits per heavy atom. The van der Waals surface area contributed by atoms with Crippen LogP contribution in [0.15, 0.2) is 36.4 Å². The number of thioether (sulfide) groups is 1. The van der Waals surface area contributed by atoms with Crippen LogP contribution in [0.2, 0.25) is 0 Å². The number of methoxy groups -OCH3 is 2. The summed E-state index contributed by atoms with van der Waals surface area (Å²) < 4.78 is 23.9. The molecule has 4 nitrogen and oxygen atoms in total. The van der Waals surface area contributed by atoms with Crippen LogP contribution in [0.3, 0.4) is 0 Å². The minimum absolute atomic E-state index is 0.0182. The number of amides is 1. The molecular weight excluding hydrogens is 329 g/mol. The van der Waals surface area contributed by atoms with Crippen LogP contribution in [-0.4, -0.2) is 25.9 Å². The van der Waals surface area contributed by atoms with Crippen molar-refractivity contribution in [2.45, 2.75) is 12.3 Å². The summed E-state index contributed by atoms with van der Waals surface area (Å²) in [6, 6.07) is 9.93. The highest BCUT2D eigenvalue weighted by Crippen LogP contribution is 2.45. The van der Waals surface area contributed by atoms with Gasteiger partial charge in [0.05, 0.1) is 25.7 Å². The number of anilines is 1. The van der Waals surface area contributed by atoms with E-state index in [1.807, 2.05) is 19.1 Å². The Kier molecular flexibility index (Phi) is 4.66. The lowest BCUT2D eigenvalue weighted by Crippen LogP contribution is -2.28. The highest BCUT2D eigenvalue weighted by atomic mass is 32.2. The summed E-state index contributed by atoms with van der Waals surface area (Å²) in [5.41, 5.74) is 2.58. The molecule has 0 radical (unpaired) electrons. The SMILES string of the molecule is COc1cc(C)c(N2C(=O)CSC2c2ccc(F)cc2)cc1OC. The molecule has 0 aliphatic carbocycles. The molecular formula is C18H18FNO3S. The summed E-state index contributed by atoms with van der Waals surface area (Å²) in [4.78, 5) is 14.2. The van der Waals surface area contributed by atoms with Gasteiger partial charge in [-0.2, -0.15) is 0 Å². The molecule has 1 atom stereocenters. The first-order valence-corrected chi connectivity index (χ1v) is 8.51. The Morgan fingerprint density at radius 1 is 1.12 bits per heavy atom. The van der Waals surface area contributed by atoms with Gasteiger partial charge in [-0.1, -0.05) is 12.1 Å². The van der Waals surface area contributed by atoms with Crippen molar-refractivity contribution in [3.8, 4) is 11.5 Å². The predicted molar refractivity (Wildman–Crippen MR) is 93.4 cm³/mol. The second kappa shape index (κ2) is 6.73. The van der Waals surface area contributed by atoms with Gasteiger partial charge in [-0.15, -0.1) is 11.8 Å². The zero-order valence-electron chi connectivity index (χ0n) is 13.7. The quantitative estimate of drug-likeness (QED) is 0.840. The molecule has 1 unspecified atom stereocenters. The first-order valence-electron chi connectivity index (χ1n) is 7.47. The first kappa shape index (κ1) is 16.6. The van der Waals surface area contributed by atoms with Crippen LogP contribution in [0.4, 0.5) is 10.1 Å². The lowest BCUT2D eigenvalue weighted by molar-refractivity contribution is -0.115. The standard InChI is InChI=1S/C18H18FNO3S/c1-11-8-15(22-2)16(23-3)9-14(11)20-17(21)10-24-18(20)12-4-6-13(19)7-5-12/h4-9,18H,10H2,1-3H3. The molecule has 0 N–H and O–H groups in total. The largest absolute Gasteiger partial charge is 0.493 e. The Hall–Kier alpha value is -2.21. The number of hydrogen-bond acceptors (Lipinski definition) is 4. The third kappa shape index (κ3) is 2.94. The lowest BCUT2D eigenvalue weighted by Gasteiger charge is -2.27. The molecule has 0 aromatic heterocycles. The number of nitrogens with zero attached hydrogens (tertiary/aromatic N) is 1. The topological polar surface area (TPSA) is 38.8 Å². The van der Waals surface area contributed by atoms with Gasteiger partial charge in [0.2, 0.25) is 5.91 Å². The maximum atomic E-state index is 13.2. The van der Waals surface area contributed by atoms with Crippen LogP contribution in [-0.2, 0) is 4.79 Å². The average Bonchev–Trinajstić information content (AvgIpc) is 2.96. The van der Waals surface area contributed by atoms with Gasteiger partial charge in [-0.25, -0.2) is 4.39 Å². The molecule has 3 rings (SSSR count). The smallest absolute Gasteiger partial charge is 0.238 e. The molecule has 0 bridgehead atoms. The van der Waals surface area contributed by atoms with E-state index in [9.17, 15) is 9.18 Å². The molecule has 0 spiro atoms. The Labute approximate surface area is 144 Å². The predicted octanol–water partition coefficient (Wildman–Crippen LogP) is 3.93. The molecule has 1 aliphatic rings. The summed E-state index contributed by atoms with van der Waals surface area (Å²) in [5, 5.41) is -0.185. The number of halogens is 1. The summed E-state index contributed by atoms with van der Waals surface area (Å²) in [5.74, 6) is 1.30. The van der Waals surface area contributed by atoms with Crippen molar-refractivity contribution < 1.29 is 18.7 Å².